The summed E-state index contributed by atoms with van der Waals surface area (Å²) in [4.78, 5) is 17.8. The molecule has 142 valence electrons. The van der Waals surface area contributed by atoms with Crippen LogP contribution in [0.15, 0.2) is 47.3 Å². The van der Waals surface area contributed by atoms with Gasteiger partial charge in [0, 0.05) is 5.56 Å². The molecule has 0 saturated heterocycles. The zero-order valence-corrected chi connectivity index (χ0v) is 16.6. The Bertz CT molecular complexity index is 1240. The summed E-state index contributed by atoms with van der Waals surface area (Å²) in [6, 6.07) is 13.5. The maximum Gasteiger partial charge on any atom is 0.291 e. The largest absolute Gasteiger partial charge is 0.493 e. The quantitative estimate of drug-likeness (QED) is 0.521. The summed E-state index contributed by atoms with van der Waals surface area (Å²) in [7, 11) is 1.59. The van der Waals surface area contributed by atoms with Crippen molar-refractivity contribution >= 4 is 22.4 Å². The lowest BCUT2D eigenvalue weighted by atomic mass is 10.1. The standard InChI is InChI=1S/C21H19N3O3S/c1-4-27-16-10-7-14(11-17(16)26-3)12-18-20(25)24-21(28-18)22-19(23-24)15-8-5-13(2)6-9-15/h5-12H,4H2,1-3H3/b18-12-. The number of rotatable bonds is 5. The van der Waals surface area contributed by atoms with Gasteiger partial charge in [-0.1, -0.05) is 47.2 Å². The van der Waals surface area contributed by atoms with Gasteiger partial charge in [0.2, 0.25) is 4.96 Å². The maximum absolute atomic E-state index is 12.7. The minimum absolute atomic E-state index is 0.182. The summed E-state index contributed by atoms with van der Waals surface area (Å²) in [5.41, 5.74) is 2.72. The van der Waals surface area contributed by atoms with E-state index in [4.69, 9.17) is 9.47 Å². The molecule has 4 rings (SSSR count). The van der Waals surface area contributed by atoms with E-state index >= 15 is 0 Å². The van der Waals surface area contributed by atoms with Crippen molar-refractivity contribution in [1.82, 2.24) is 14.6 Å². The molecule has 0 aliphatic carbocycles. The molecular weight excluding hydrogens is 374 g/mol. The van der Waals surface area contributed by atoms with Gasteiger partial charge in [-0.2, -0.15) is 9.50 Å². The number of benzene rings is 2. The Balaban J connectivity index is 1.74. The minimum Gasteiger partial charge on any atom is -0.493 e. The Morgan fingerprint density at radius 1 is 1.14 bits per heavy atom. The van der Waals surface area contributed by atoms with E-state index in [1.807, 2.05) is 62.4 Å². The zero-order valence-electron chi connectivity index (χ0n) is 15.8. The molecule has 0 saturated carbocycles. The van der Waals surface area contributed by atoms with Crippen LogP contribution in [0.3, 0.4) is 0 Å². The normalized spacial score (nSPS) is 11.9. The number of ether oxygens (including phenoxy) is 2. The molecule has 6 nitrogen and oxygen atoms in total. The third-order valence-electron chi connectivity index (χ3n) is 4.28. The summed E-state index contributed by atoms with van der Waals surface area (Å²) < 4.78 is 12.8. The highest BCUT2D eigenvalue weighted by molar-refractivity contribution is 7.15. The number of methoxy groups -OCH3 is 1. The van der Waals surface area contributed by atoms with Crippen molar-refractivity contribution in [1.29, 1.82) is 0 Å². The van der Waals surface area contributed by atoms with Gasteiger partial charge in [0.25, 0.3) is 5.56 Å². The molecule has 2 aromatic heterocycles. The van der Waals surface area contributed by atoms with Gasteiger partial charge in [-0.05, 0) is 37.6 Å². The fourth-order valence-electron chi connectivity index (χ4n) is 2.86. The fraction of sp³-hybridized carbons (Fsp3) is 0.190. The average molecular weight is 393 g/mol. The van der Waals surface area contributed by atoms with Gasteiger partial charge in [-0.15, -0.1) is 5.10 Å². The van der Waals surface area contributed by atoms with Crippen LogP contribution in [0.1, 0.15) is 18.1 Å². The van der Waals surface area contributed by atoms with Gasteiger partial charge in [-0.3, -0.25) is 4.79 Å². The highest BCUT2D eigenvalue weighted by Crippen LogP contribution is 2.28. The van der Waals surface area contributed by atoms with E-state index in [9.17, 15) is 4.79 Å². The Kier molecular flexibility index (Phi) is 4.83. The van der Waals surface area contributed by atoms with Crippen molar-refractivity contribution in [2.45, 2.75) is 13.8 Å². The van der Waals surface area contributed by atoms with Crippen molar-refractivity contribution in [3.63, 3.8) is 0 Å². The second-order valence-corrected chi connectivity index (χ2v) is 7.26. The third kappa shape index (κ3) is 3.36. The van der Waals surface area contributed by atoms with E-state index in [1.165, 1.54) is 15.9 Å². The Labute approximate surface area is 165 Å². The predicted molar refractivity (Wildman–Crippen MR) is 110 cm³/mol. The van der Waals surface area contributed by atoms with Crippen LogP contribution >= 0.6 is 11.3 Å². The molecular formula is C21H19N3O3S. The highest BCUT2D eigenvalue weighted by Gasteiger charge is 2.12. The lowest BCUT2D eigenvalue weighted by Crippen LogP contribution is -2.23. The number of fused-ring (bicyclic) bond motifs is 1. The summed E-state index contributed by atoms with van der Waals surface area (Å²) >= 11 is 1.31. The van der Waals surface area contributed by atoms with Crippen LogP contribution in [0, 0.1) is 6.92 Å². The van der Waals surface area contributed by atoms with Crippen LogP contribution in [-0.4, -0.2) is 28.3 Å². The number of thiazole rings is 1. The first-order chi connectivity index (χ1) is 13.6. The number of hydrogen-bond donors (Lipinski definition) is 0. The number of aryl methyl sites for hydroxylation is 1. The van der Waals surface area contributed by atoms with Crippen LogP contribution in [0.4, 0.5) is 0 Å². The molecule has 7 heteroatoms. The smallest absolute Gasteiger partial charge is 0.291 e. The van der Waals surface area contributed by atoms with Gasteiger partial charge in [0.15, 0.2) is 17.3 Å². The van der Waals surface area contributed by atoms with Crippen LogP contribution < -0.4 is 19.6 Å². The van der Waals surface area contributed by atoms with E-state index in [0.29, 0.717) is 33.4 Å². The molecule has 0 amide bonds. The molecule has 0 aliphatic heterocycles. The Hall–Kier alpha value is -3.19. The third-order valence-corrected chi connectivity index (χ3v) is 5.24. The lowest BCUT2D eigenvalue weighted by molar-refractivity contribution is 0.311. The highest BCUT2D eigenvalue weighted by atomic mass is 32.1. The first-order valence-electron chi connectivity index (χ1n) is 8.88. The van der Waals surface area contributed by atoms with E-state index in [0.717, 1.165) is 16.7 Å². The zero-order chi connectivity index (χ0) is 19.7. The molecule has 0 spiro atoms. The van der Waals surface area contributed by atoms with Gasteiger partial charge >= 0.3 is 0 Å². The Morgan fingerprint density at radius 2 is 1.93 bits per heavy atom. The average Bonchev–Trinajstić information content (AvgIpc) is 3.23. The SMILES string of the molecule is CCOc1ccc(/C=c2\sc3nc(-c4ccc(C)cc4)nn3c2=O)cc1OC. The van der Waals surface area contributed by atoms with E-state index in [2.05, 4.69) is 10.1 Å². The molecule has 4 aromatic rings. The lowest BCUT2D eigenvalue weighted by Gasteiger charge is -2.09. The topological polar surface area (TPSA) is 65.7 Å². The van der Waals surface area contributed by atoms with Crippen molar-refractivity contribution in [2.24, 2.45) is 0 Å². The molecule has 0 radical (unpaired) electrons. The fourth-order valence-corrected chi connectivity index (χ4v) is 3.77. The maximum atomic E-state index is 12.7. The van der Waals surface area contributed by atoms with Crippen LogP contribution in [0.2, 0.25) is 0 Å². The monoisotopic (exact) mass is 393 g/mol. The van der Waals surface area contributed by atoms with Gasteiger partial charge in [-0.25, -0.2) is 0 Å². The van der Waals surface area contributed by atoms with Gasteiger partial charge in [0.1, 0.15) is 0 Å². The number of aromatic nitrogens is 3. The van der Waals surface area contributed by atoms with Crippen LogP contribution in [-0.2, 0) is 0 Å². The van der Waals surface area contributed by atoms with Crippen LogP contribution in [0.5, 0.6) is 11.5 Å². The summed E-state index contributed by atoms with van der Waals surface area (Å²) in [5.74, 6) is 1.86. The van der Waals surface area contributed by atoms with Crippen molar-refractivity contribution in [3.05, 3.63) is 68.5 Å². The predicted octanol–water partition coefficient (Wildman–Crippen LogP) is 3.08. The Morgan fingerprint density at radius 3 is 2.61 bits per heavy atom. The molecule has 2 heterocycles. The van der Waals surface area contributed by atoms with E-state index in [-0.39, 0.29) is 5.56 Å². The second kappa shape index (κ2) is 7.44. The molecule has 0 aliphatic rings. The molecule has 0 unspecified atom stereocenters. The molecule has 0 N–H and O–H groups in total. The van der Waals surface area contributed by atoms with Crippen molar-refractivity contribution in [2.75, 3.05) is 13.7 Å². The summed E-state index contributed by atoms with van der Waals surface area (Å²) in [6.07, 6.45) is 1.81. The number of hydrogen-bond acceptors (Lipinski definition) is 6. The van der Waals surface area contributed by atoms with Crippen molar-refractivity contribution < 1.29 is 9.47 Å². The molecule has 0 bridgehead atoms. The van der Waals surface area contributed by atoms with Crippen molar-refractivity contribution in [3.8, 4) is 22.9 Å². The second-order valence-electron chi connectivity index (χ2n) is 6.25. The van der Waals surface area contributed by atoms with Crippen LogP contribution in [0.25, 0.3) is 22.4 Å². The molecule has 0 atom stereocenters. The summed E-state index contributed by atoms with van der Waals surface area (Å²) in [6.45, 7) is 4.50. The number of nitrogens with zero attached hydrogens (tertiary/aromatic N) is 3. The first-order valence-corrected chi connectivity index (χ1v) is 9.70. The molecule has 2 aromatic carbocycles. The molecule has 0 fully saturated rings. The van der Waals surface area contributed by atoms with E-state index < -0.39 is 0 Å². The van der Waals surface area contributed by atoms with E-state index in [1.54, 1.807) is 7.11 Å². The van der Waals surface area contributed by atoms with Gasteiger partial charge in [0.05, 0.1) is 18.2 Å². The summed E-state index contributed by atoms with van der Waals surface area (Å²) in [5, 5.41) is 4.39. The molecule has 28 heavy (non-hydrogen) atoms. The first kappa shape index (κ1) is 18.2. The van der Waals surface area contributed by atoms with Gasteiger partial charge < -0.3 is 9.47 Å². The minimum atomic E-state index is -0.182.